The molecule has 1 heterocycles. The summed E-state index contributed by atoms with van der Waals surface area (Å²) in [4.78, 5) is 37.2. The van der Waals surface area contributed by atoms with Crippen LogP contribution in [0.5, 0.6) is 0 Å². The molecule has 0 fully saturated rings. The smallest absolute Gasteiger partial charge is 0.360 e. The number of para-hydroxylation sites is 1. The predicted molar refractivity (Wildman–Crippen MR) is 100 cm³/mol. The first-order valence-corrected chi connectivity index (χ1v) is 8.43. The van der Waals surface area contributed by atoms with Crippen molar-refractivity contribution in [3.63, 3.8) is 0 Å². The molecule has 0 aliphatic rings. The Morgan fingerprint density at radius 2 is 1.79 bits per heavy atom. The lowest BCUT2D eigenvalue weighted by molar-refractivity contribution is 0.0518. The van der Waals surface area contributed by atoms with Gasteiger partial charge in [0.15, 0.2) is 5.69 Å². The lowest BCUT2D eigenvalue weighted by Gasteiger charge is -2.12. The first-order valence-electron chi connectivity index (χ1n) is 8.43. The number of aromatic nitrogens is 2. The maximum absolute atomic E-state index is 13.0. The minimum Gasteiger partial charge on any atom is -0.461 e. The number of carbonyl (C=O) groups is 2. The van der Waals surface area contributed by atoms with E-state index in [1.165, 1.54) is 12.1 Å². The lowest BCUT2D eigenvalue weighted by atomic mass is 10.2. The number of rotatable bonds is 5. The lowest BCUT2D eigenvalue weighted by Crippen LogP contribution is -2.27. The van der Waals surface area contributed by atoms with Crippen LogP contribution in [0.3, 0.4) is 0 Å². The van der Waals surface area contributed by atoms with Gasteiger partial charge in [0.05, 0.1) is 18.0 Å². The Balaban J connectivity index is 2.03. The second-order valence-electron chi connectivity index (χ2n) is 5.67. The molecule has 7 nitrogen and oxygen atoms in total. The number of anilines is 1. The largest absolute Gasteiger partial charge is 0.461 e. The first-order chi connectivity index (χ1) is 13.5. The van der Waals surface area contributed by atoms with Gasteiger partial charge in [0, 0.05) is 11.6 Å². The quantitative estimate of drug-likeness (QED) is 0.687. The van der Waals surface area contributed by atoms with Crippen LogP contribution in [-0.4, -0.2) is 28.3 Å². The van der Waals surface area contributed by atoms with E-state index >= 15 is 0 Å². The number of ether oxygens (including phenoxy) is 1. The molecule has 0 radical (unpaired) electrons. The standard InChI is InChI=1S/C20H16FN3O4/c1-2-28-20(27)18-16(22-19(26)13-8-10-14(21)11-9-13)12-17(25)24(23-18)15-6-4-3-5-7-15/h3-12H,2H2,1H3,(H,22,26). The van der Waals surface area contributed by atoms with E-state index in [1.807, 2.05) is 0 Å². The molecule has 1 amide bonds. The molecule has 0 aliphatic heterocycles. The number of benzene rings is 2. The van der Waals surface area contributed by atoms with Crippen molar-refractivity contribution >= 4 is 17.6 Å². The fourth-order valence-corrected chi connectivity index (χ4v) is 2.45. The molecule has 1 N–H and O–H groups in total. The van der Waals surface area contributed by atoms with Crippen molar-refractivity contribution < 1.29 is 18.7 Å². The summed E-state index contributed by atoms with van der Waals surface area (Å²) in [7, 11) is 0. The Hall–Kier alpha value is -3.81. The summed E-state index contributed by atoms with van der Waals surface area (Å²) in [5.74, 6) is -1.90. The van der Waals surface area contributed by atoms with Crippen LogP contribution < -0.4 is 10.9 Å². The second-order valence-corrected chi connectivity index (χ2v) is 5.67. The van der Waals surface area contributed by atoms with Crippen molar-refractivity contribution in [2.75, 3.05) is 11.9 Å². The second kappa shape index (κ2) is 8.26. The zero-order valence-corrected chi connectivity index (χ0v) is 14.9. The van der Waals surface area contributed by atoms with Crippen LogP contribution in [0.25, 0.3) is 5.69 Å². The highest BCUT2D eigenvalue weighted by Gasteiger charge is 2.20. The number of amides is 1. The third-order valence-electron chi connectivity index (χ3n) is 3.76. The van der Waals surface area contributed by atoms with Gasteiger partial charge in [-0.25, -0.2) is 9.18 Å². The minimum atomic E-state index is -0.790. The highest BCUT2D eigenvalue weighted by molar-refractivity contribution is 6.07. The third kappa shape index (κ3) is 4.12. The van der Waals surface area contributed by atoms with Gasteiger partial charge in [0.2, 0.25) is 0 Å². The van der Waals surface area contributed by atoms with Gasteiger partial charge in [-0.15, -0.1) is 0 Å². The Morgan fingerprint density at radius 1 is 1.11 bits per heavy atom. The van der Waals surface area contributed by atoms with Crippen molar-refractivity contribution in [1.29, 1.82) is 0 Å². The molecule has 3 rings (SSSR count). The summed E-state index contributed by atoms with van der Waals surface area (Å²) in [5.41, 5.74) is -0.253. The molecule has 28 heavy (non-hydrogen) atoms. The van der Waals surface area contributed by atoms with Crippen LogP contribution >= 0.6 is 0 Å². The SMILES string of the molecule is CCOC(=O)c1nn(-c2ccccc2)c(=O)cc1NC(=O)c1ccc(F)cc1. The Bertz CT molecular complexity index is 1060. The molecule has 2 aromatic carbocycles. The van der Waals surface area contributed by atoms with E-state index in [0.717, 1.165) is 22.9 Å². The number of carbonyl (C=O) groups excluding carboxylic acids is 2. The molecule has 8 heteroatoms. The van der Waals surface area contributed by atoms with Crippen LogP contribution in [0.1, 0.15) is 27.8 Å². The van der Waals surface area contributed by atoms with Crippen molar-refractivity contribution in [1.82, 2.24) is 9.78 Å². The summed E-state index contributed by atoms with van der Waals surface area (Å²) in [6.07, 6.45) is 0. The molecule has 0 unspecified atom stereocenters. The summed E-state index contributed by atoms with van der Waals surface area (Å²) >= 11 is 0. The third-order valence-corrected chi connectivity index (χ3v) is 3.76. The molecule has 142 valence electrons. The zero-order chi connectivity index (χ0) is 20.1. The van der Waals surface area contributed by atoms with Crippen molar-refractivity contribution in [2.45, 2.75) is 6.92 Å². The van der Waals surface area contributed by atoms with Gasteiger partial charge in [-0.1, -0.05) is 18.2 Å². The average Bonchev–Trinajstić information content (AvgIpc) is 2.69. The monoisotopic (exact) mass is 381 g/mol. The Kier molecular flexibility index (Phi) is 5.59. The molecule has 0 saturated carbocycles. The van der Waals surface area contributed by atoms with Crippen LogP contribution in [0, 0.1) is 5.82 Å². The molecular formula is C20H16FN3O4. The number of nitrogens with one attached hydrogen (secondary N) is 1. The maximum Gasteiger partial charge on any atom is 0.360 e. The highest BCUT2D eigenvalue weighted by atomic mass is 19.1. The van der Waals surface area contributed by atoms with Gasteiger partial charge < -0.3 is 10.1 Å². The Labute approximate surface area is 159 Å². The van der Waals surface area contributed by atoms with E-state index < -0.39 is 23.3 Å². The van der Waals surface area contributed by atoms with Gasteiger partial charge in [-0.3, -0.25) is 9.59 Å². The summed E-state index contributed by atoms with van der Waals surface area (Å²) in [6.45, 7) is 1.72. The number of halogens is 1. The van der Waals surface area contributed by atoms with E-state index in [-0.39, 0.29) is 23.6 Å². The van der Waals surface area contributed by atoms with Crippen molar-refractivity contribution in [3.8, 4) is 5.69 Å². The molecule has 1 aromatic heterocycles. The molecule has 0 spiro atoms. The molecule has 0 saturated heterocycles. The predicted octanol–water partition coefficient (Wildman–Crippen LogP) is 2.80. The molecule has 3 aromatic rings. The van der Waals surface area contributed by atoms with Gasteiger partial charge in [-0.05, 0) is 43.3 Å². The van der Waals surface area contributed by atoms with E-state index in [2.05, 4.69) is 10.4 Å². The fraction of sp³-hybridized carbons (Fsp3) is 0.100. The molecule has 0 aliphatic carbocycles. The van der Waals surface area contributed by atoms with Crippen LogP contribution in [0.15, 0.2) is 65.5 Å². The zero-order valence-electron chi connectivity index (χ0n) is 14.9. The van der Waals surface area contributed by atoms with E-state index in [1.54, 1.807) is 37.3 Å². The first kappa shape index (κ1) is 19.0. The number of hydrogen-bond donors (Lipinski definition) is 1. The minimum absolute atomic E-state index is 0.0926. The fourth-order valence-electron chi connectivity index (χ4n) is 2.45. The summed E-state index contributed by atoms with van der Waals surface area (Å²) < 4.78 is 19.1. The summed E-state index contributed by atoms with van der Waals surface area (Å²) in [5, 5.41) is 6.54. The van der Waals surface area contributed by atoms with Gasteiger partial charge in [0.1, 0.15) is 5.82 Å². The normalized spacial score (nSPS) is 10.4. The van der Waals surface area contributed by atoms with Crippen LogP contribution in [0.2, 0.25) is 0 Å². The van der Waals surface area contributed by atoms with E-state index in [9.17, 15) is 18.8 Å². The van der Waals surface area contributed by atoms with E-state index in [4.69, 9.17) is 4.74 Å². The summed E-state index contributed by atoms with van der Waals surface area (Å²) in [6, 6.07) is 14.4. The molecule has 0 bridgehead atoms. The number of hydrogen-bond acceptors (Lipinski definition) is 5. The van der Waals surface area contributed by atoms with Gasteiger partial charge in [-0.2, -0.15) is 9.78 Å². The van der Waals surface area contributed by atoms with E-state index in [0.29, 0.717) is 5.69 Å². The molecule has 0 atom stereocenters. The maximum atomic E-state index is 13.0. The average molecular weight is 381 g/mol. The van der Waals surface area contributed by atoms with Gasteiger partial charge >= 0.3 is 5.97 Å². The topological polar surface area (TPSA) is 90.3 Å². The van der Waals surface area contributed by atoms with Crippen LogP contribution in [0.4, 0.5) is 10.1 Å². The number of esters is 1. The number of nitrogens with zero attached hydrogens (tertiary/aromatic N) is 2. The van der Waals surface area contributed by atoms with Crippen molar-refractivity contribution in [3.05, 3.63) is 88.1 Å². The van der Waals surface area contributed by atoms with Crippen LogP contribution in [-0.2, 0) is 4.74 Å². The van der Waals surface area contributed by atoms with Crippen molar-refractivity contribution in [2.24, 2.45) is 0 Å². The van der Waals surface area contributed by atoms with Gasteiger partial charge in [0.25, 0.3) is 11.5 Å². The highest BCUT2D eigenvalue weighted by Crippen LogP contribution is 2.15. The Morgan fingerprint density at radius 3 is 2.43 bits per heavy atom. The molecular weight excluding hydrogens is 365 g/mol.